The maximum atomic E-state index is 12.2. The zero-order valence-electron chi connectivity index (χ0n) is 10.5. The number of methoxy groups -OCH3 is 1. The average Bonchev–Trinajstić information content (AvgIpc) is 3.01. The molecule has 2 aliphatic heterocycles. The summed E-state index contributed by atoms with van der Waals surface area (Å²) in [6, 6.07) is 7.99. The topological polar surface area (TPSA) is 38.8 Å². The minimum Gasteiger partial charge on any atom is -0.497 e. The van der Waals surface area contributed by atoms with Gasteiger partial charge >= 0.3 is 0 Å². The summed E-state index contributed by atoms with van der Waals surface area (Å²) in [5, 5.41) is 0. The van der Waals surface area contributed by atoms with Gasteiger partial charge in [-0.3, -0.25) is 4.79 Å². The van der Waals surface area contributed by atoms with E-state index in [1.807, 2.05) is 29.2 Å². The number of hydrogen-bond donors (Lipinski definition) is 0. The fraction of sp³-hybridized carbons (Fsp3) is 0.500. The number of nitrogens with zero attached hydrogens (tertiary/aromatic N) is 1. The molecule has 0 radical (unpaired) electrons. The number of carbonyl (C=O) groups is 1. The molecular weight excluding hydrogens is 230 g/mol. The van der Waals surface area contributed by atoms with Gasteiger partial charge in [-0.15, -0.1) is 0 Å². The van der Waals surface area contributed by atoms with E-state index >= 15 is 0 Å². The van der Waals surface area contributed by atoms with Gasteiger partial charge in [0.25, 0.3) is 0 Å². The number of likely N-dealkylation sites (tertiary alicyclic amines) is 1. The molecular formula is C14H17NO3. The van der Waals surface area contributed by atoms with Crippen molar-refractivity contribution in [2.75, 3.05) is 20.3 Å². The Labute approximate surface area is 106 Å². The van der Waals surface area contributed by atoms with E-state index in [1.165, 1.54) is 0 Å². The van der Waals surface area contributed by atoms with Gasteiger partial charge in [0.1, 0.15) is 5.75 Å². The largest absolute Gasteiger partial charge is 0.497 e. The van der Waals surface area contributed by atoms with Crippen LogP contribution in [-0.4, -0.2) is 43.2 Å². The number of benzene rings is 1. The zero-order valence-corrected chi connectivity index (χ0v) is 10.5. The average molecular weight is 247 g/mol. The summed E-state index contributed by atoms with van der Waals surface area (Å²) >= 11 is 0. The van der Waals surface area contributed by atoms with E-state index in [-0.39, 0.29) is 12.0 Å². The van der Waals surface area contributed by atoms with Crippen LogP contribution in [0.2, 0.25) is 0 Å². The standard InChI is InChI=1S/C14H17NO3/c1-17-12-4-2-3-10(5-12)6-14(16)15-8-13-7-11(15)9-18-13/h2-5,11,13H,6-9H2,1H3/t11-,13+/m0/s1. The van der Waals surface area contributed by atoms with Crippen LogP contribution in [0.1, 0.15) is 12.0 Å². The highest BCUT2D eigenvalue weighted by Gasteiger charge is 2.41. The Kier molecular flexibility index (Phi) is 2.96. The van der Waals surface area contributed by atoms with Crippen LogP contribution in [0.4, 0.5) is 0 Å². The van der Waals surface area contributed by atoms with Crippen molar-refractivity contribution >= 4 is 5.91 Å². The van der Waals surface area contributed by atoms with E-state index < -0.39 is 0 Å². The summed E-state index contributed by atoms with van der Waals surface area (Å²) < 4.78 is 10.7. The highest BCUT2D eigenvalue weighted by atomic mass is 16.5. The highest BCUT2D eigenvalue weighted by molar-refractivity contribution is 5.79. The van der Waals surface area contributed by atoms with Crippen LogP contribution >= 0.6 is 0 Å². The van der Waals surface area contributed by atoms with Gasteiger partial charge in [0.15, 0.2) is 0 Å². The van der Waals surface area contributed by atoms with E-state index in [0.717, 1.165) is 24.3 Å². The van der Waals surface area contributed by atoms with Crippen LogP contribution in [0.25, 0.3) is 0 Å². The van der Waals surface area contributed by atoms with E-state index in [2.05, 4.69) is 0 Å². The summed E-state index contributed by atoms with van der Waals surface area (Å²) in [5.74, 6) is 0.991. The number of morpholine rings is 1. The minimum atomic E-state index is 0.194. The SMILES string of the molecule is COc1cccc(CC(=O)N2C[C@H]3C[C@H]2CO3)c1. The van der Waals surface area contributed by atoms with Crippen molar-refractivity contribution in [2.24, 2.45) is 0 Å². The van der Waals surface area contributed by atoms with Gasteiger partial charge in [0.05, 0.1) is 32.3 Å². The van der Waals surface area contributed by atoms with E-state index in [1.54, 1.807) is 7.11 Å². The molecule has 2 bridgehead atoms. The molecule has 1 aromatic rings. The minimum absolute atomic E-state index is 0.194. The van der Waals surface area contributed by atoms with E-state index in [0.29, 0.717) is 19.1 Å². The van der Waals surface area contributed by atoms with Crippen molar-refractivity contribution in [1.82, 2.24) is 4.90 Å². The number of rotatable bonds is 3. The molecule has 0 aromatic heterocycles. The van der Waals surface area contributed by atoms with Crippen molar-refractivity contribution in [2.45, 2.75) is 25.0 Å². The quantitative estimate of drug-likeness (QED) is 0.806. The Hall–Kier alpha value is -1.55. The lowest BCUT2D eigenvalue weighted by Crippen LogP contribution is -2.42. The molecule has 1 amide bonds. The molecule has 2 heterocycles. The van der Waals surface area contributed by atoms with Gasteiger partial charge in [-0.25, -0.2) is 0 Å². The Morgan fingerprint density at radius 2 is 2.44 bits per heavy atom. The molecule has 0 unspecified atom stereocenters. The molecule has 0 N–H and O–H groups in total. The lowest BCUT2D eigenvalue weighted by atomic mass is 10.1. The number of amides is 1. The van der Waals surface area contributed by atoms with E-state index in [9.17, 15) is 4.79 Å². The number of carbonyl (C=O) groups excluding carboxylic acids is 1. The fourth-order valence-electron chi connectivity index (χ4n) is 2.76. The predicted molar refractivity (Wildman–Crippen MR) is 66.6 cm³/mol. The molecule has 0 spiro atoms. The van der Waals surface area contributed by atoms with Gasteiger partial charge in [0, 0.05) is 6.54 Å². The molecule has 3 rings (SSSR count). The predicted octanol–water partition coefficient (Wildman–Crippen LogP) is 1.24. The number of fused-ring (bicyclic) bond motifs is 2. The molecule has 4 heteroatoms. The van der Waals surface area contributed by atoms with Gasteiger partial charge in [-0.2, -0.15) is 0 Å². The first-order chi connectivity index (χ1) is 8.76. The van der Waals surface area contributed by atoms with Crippen molar-refractivity contribution in [1.29, 1.82) is 0 Å². The molecule has 2 aliphatic rings. The van der Waals surface area contributed by atoms with Crippen LogP contribution in [0.5, 0.6) is 5.75 Å². The molecule has 2 saturated heterocycles. The second kappa shape index (κ2) is 4.61. The monoisotopic (exact) mass is 247 g/mol. The number of ether oxygens (including phenoxy) is 2. The van der Waals surface area contributed by atoms with Gasteiger partial charge in [-0.05, 0) is 24.1 Å². The van der Waals surface area contributed by atoms with Crippen LogP contribution in [-0.2, 0) is 16.0 Å². The molecule has 0 aliphatic carbocycles. The summed E-state index contributed by atoms with van der Waals surface area (Å²) in [6.07, 6.45) is 1.72. The van der Waals surface area contributed by atoms with Crippen molar-refractivity contribution in [3.05, 3.63) is 29.8 Å². The van der Waals surface area contributed by atoms with Crippen LogP contribution < -0.4 is 4.74 Å². The lowest BCUT2D eigenvalue weighted by Gasteiger charge is -2.27. The van der Waals surface area contributed by atoms with Crippen molar-refractivity contribution in [3.8, 4) is 5.75 Å². The maximum absolute atomic E-state index is 12.2. The second-order valence-corrected chi connectivity index (χ2v) is 4.92. The Morgan fingerprint density at radius 3 is 3.11 bits per heavy atom. The molecule has 0 saturated carbocycles. The third kappa shape index (κ3) is 2.08. The summed E-state index contributed by atoms with van der Waals surface area (Å²) in [4.78, 5) is 14.2. The summed E-state index contributed by atoms with van der Waals surface area (Å²) in [7, 11) is 1.64. The Morgan fingerprint density at radius 1 is 1.56 bits per heavy atom. The third-order valence-electron chi connectivity index (χ3n) is 3.71. The van der Waals surface area contributed by atoms with Gasteiger partial charge in [-0.1, -0.05) is 12.1 Å². The molecule has 4 nitrogen and oxygen atoms in total. The first-order valence-electron chi connectivity index (χ1n) is 6.30. The van der Waals surface area contributed by atoms with Crippen molar-refractivity contribution < 1.29 is 14.3 Å². The summed E-state index contributed by atoms with van der Waals surface area (Å²) in [5.41, 5.74) is 1.00. The Balaban J connectivity index is 1.67. The first kappa shape index (κ1) is 11.5. The normalized spacial score (nSPS) is 25.5. The zero-order chi connectivity index (χ0) is 12.5. The number of hydrogen-bond acceptors (Lipinski definition) is 3. The van der Waals surface area contributed by atoms with Crippen LogP contribution in [0.3, 0.4) is 0 Å². The molecule has 96 valence electrons. The molecule has 1 aromatic carbocycles. The second-order valence-electron chi connectivity index (χ2n) is 4.92. The molecule has 2 atom stereocenters. The maximum Gasteiger partial charge on any atom is 0.227 e. The third-order valence-corrected chi connectivity index (χ3v) is 3.71. The highest BCUT2D eigenvalue weighted by Crippen LogP contribution is 2.28. The van der Waals surface area contributed by atoms with E-state index in [4.69, 9.17) is 9.47 Å². The van der Waals surface area contributed by atoms with Gasteiger partial charge in [0.2, 0.25) is 5.91 Å². The molecule has 2 fully saturated rings. The smallest absolute Gasteiger partial charge is 0.227 e. The van der Waals surface area contributed by atoms with Gasteiger partial charge < -0.3 is 14.4 Å². The first-order valence-corrected chi connectivity index (χ1v) is 6.30. The van der Waals surface area contributed by atoms with Crippen LogP contribution in [0, 0.1) is 0 Å². The Bertz CT molecular complexity index is 460. The fourth-order valence-corrected chi connectivity index (χ4v) is 2.76. The molecule has 18 heavy (non-hydrogen) atoms. The summed E-state index contributed by atoms with van der Waals surface area (Å²) in [6.45, 7) is 1.46. The lowest BCUT2D eigenvalue weighted by molar-refractivity contribution is -0.134. The van der Waals surface area contributed by atoms with Crippen LogP contribution in [0.15, 0.2) is 24.3 Å². The van der Waals surface area contributed by atoms with Crippen molar-refractivity contribution in [3.63, 3.8) is 0 Å².